The lowest BCUT2D eigenvalue weighted by atomic mass is 10.2. The van der Waals surface area contributed by atoms with Crippen LogP contribution in [0.25, 0.3) is 0 Å². The van der Waals surface area contributed by atoms with E-state index in [1.165, 1.54) is 30.2 Å². The summed E-state index contributed by atoms with van der Waals surface area (Å²) in [4.78, 5) is 22.4. The van der Waals surface area contributed by atoms with E-state index in [0.29, 0.717) is 11.4 Å². The van der Waals surface area contributed by atoms with Crippen LogP contribution < -0.4 is 5.32 Å². The molecule has 0 bridgehead atoms. The molecule has 0 fully saturated rings. The number of halogens is 1. The lowest BCUT2D eigenvalue weighted by Gasteiger charge is -2.10. The van der Waals surface area contributed by atoms with Gasteiger partial charge in [-0.1, -0.05) is 23.9 Å². The first-order valence-electron chi connectivity index (χ1n) is 7.16. The minimum absolute atomic E-state index is 0. The molecular weight excluding hydrogens is 378 g/mol. The third-order valence-electron chi connectivity index (χ3n) is 3.13. The first-order chi connectivity index (χ1) is 11.7. The quantitative estimate of drug-likeness (QED) is 0.619. The molecule has 0 aliphatic carbocycles. The van der Waals surface area contributed by atoms with Crippen LogP contribution in [0.2, 0.25) is 0 Å². The van der Waals surface area contributed by atoms with E-state index in [0.717, 1.165) is 20.6 Å². The number of hydrogen-bond acceptors (Lipinski definition) is 7. The molecule has 0 spiro atoms. The predicted octanol–water partition coefficient (Wildman–Crippen LogP) is 4.95. The first kappa shape index (κ1) is 19.2. The summed E-state index contributed by atoms with van der Waals surface area (Å²) in [6, 6.07) is 11.2. The molecule has 0 saturated heterocycles. The summed E-state index contributed by atoms with van der Waals surface area (Å²) >= 11 is 2.99. The number of thiazole rings is 1. The molecule has 0 amide bonds. The van der Waals surface area contributed by atoms with Crippen molar-refractivity contribution in [2.24, 2.45) is 0 Å². The first-order valence-corrected chi connectivity index (χ1v) is 8.86. The standard InChI is InChI=1S/C17H15N3O2S2.ClH/c1-11-10-23-17(19-11)20-15-14(8-5-9-18-15)24-13-7-4-3-6-12(13)16(21)22-2;/h3-10H,1-2H3,(H,18,19,20);1H. The number of esters is 1. The number of benzene rings is 1. The van der Waals surface area contributed by atoms with Gasteiger partial charge in [0.25, 0.3) is 0 Å². The number of pyridine rings is 1. The molecule has 2 aromatic heterocycles. The van der Waals surface area contributed by atoms with Gasteiger partial charge in [-0.25, -0.2) is 14.8 Å². The highest BCUT2D eigenvalue weighted by atomic mass is 35.5. The molecule has 0 aliphatic heterocycles. The van der Waals surface area contributed by atoms with E-state index in [4.69, 9.17) is 4.74 Å². The van der Waals surface area contributed by atoms with Crippen LogP contribution in [0.15, 0.2) is 57.8 Å². The third kappa shape index (κ3) is 4.72. The molecule has 1 N–H and O–H groups in total. The number of carbonyl (C=O) groups excluding carboxylic acids is 1. The molecule has 0 radical (unpaired) electrons. The summed E-state index contributed by atoms with van der Waals surface area (Å²) in [6.45, 7) is 1.95. The molecule has 3 aromatic rings. The number of nitrogens with one attached hydrogen (secondary N) is 1. The molecule has 2 heterocycles. The Balaban J connectivity index is 0.00000225. The molecule has 8 heteroatoms. The maximum Gasteiger partial charge on any atom is 0.339 e. The third-order valence-corrected chi connectivity index (χ3v) is 5.13. The Bertz CT molecular complexity index is 870. The Labute approximate surface area is 160 Å². The van der Waals surface area contributed by atoms with Crippen molar-refractivity contribution in [3.63, 3.8) is 0 Å². The number of nitrogens with zero attached hydrogens (tertiary/aromatic N) is 2. The number of aromatic nitrogens is 2. The lowest BCUT2D eigenvalue weighted by Crippen LogP contribution is -2.03. The van der Waals surface area contributed by atoms with E-state index in [1.54, 1.807) is 12.3 Å². The molecule has 0 saturated carbocycles. The van der Waals surface area contributed by atoms with E-state index in [1.807, 2.05) is 42.6 Å². The molecule has 0 unspecified atom stereocenters. The molecule has 3 rings (SSSR count). The average Bonchev–Trinajstić information content (AvgIpc) is 3.01. The Kier molecular flexibility index (Phi) is 6.81. The molecule has 1 aromatic carbocycles. The van der Waals surface area contributed by atoms with Crippen LogP contribution in [-0.2, 0) is 4.74 Å². The van der Waals surface area contributed by atoms with Gasteiger partial charge in [-0.15, -0.1) is 23.7 Å². The molecule has 5 nitrogen and oxygen atoms in total. The predicted molar refractivity (Wildman–Crippen MR) is 104 cm³/mol. The van der Waals surface area contributed by atoms with E-state index < -0.39 is 0 Å². The van der Waals surface area contributed by atoms with E-state index in [2.05, 4.69) is 15.3 Å². The van der Waals surface area contributed by atoms with E-state index in [-0.39, 0.29) is 18.4 Å². The Morgan fingerprint density at radius 1 is 1.20 bits per heavy atom. The molecule has 25 heavy (non-hydrogen) atoms. The van der Waals surface area contributed by atoms with Gasteiger partial charge in [0.2, 0.25) is 0 Å². The molecule has 0 aliphatic rings. The van der Waals surface area contributed by atoms with Crippen molar-refractivity contribution < 1.29 is 9.53 Å². The summed E-state index contributed by atoms with van der Waals surface area (Å²) in [6.07, 6.45) is 1.72. The van der Waals surface area contributed by atoms with Crippen LogP contribution >= 0.6 is 35.5 Å². The number of rotatable bonds is 5. The summed E-state index contributed by atoms with van der Waals surface area (Å²) in [5.74, 6) is 0.351. The Morgan fingerprint density at radius 3 is 2.68 bits per heavy atom. The number of methoxy groups -OCH3 is 1. The minimum atomic E-state index is -0.355. The lowest BCUT2D eigenvalue weighted by molar-refractivity contribution is 0.0597. The van der Waals surface area contributed by atoms with Crippen LogP contribution in [0.1, 0.15) is 16.1 Å². The zero-order valence-corrected chi connectivity index (χ0v) is 16.0. The minimum Gasteiger partial charge on any atom is -0.465 e. The number of hydrogen-bond donors (Lipinski definition) is 1. The smallest absolute Gasteiger partial charge is 0.339 e. The van der Waals surface area contributed by atoms with Crippen molar-refractivity contribution in [1.82, 2.24) is 9.97 Å². The topological polar surface area (TPSA) is 64.1 Å². The second-order valence-corrected chi connectivity index (χ2v) is 6.80. The maximum atomic E-state index is 11.9. The maximum absolute atomic E-state index is 11.9. The fourth-order valence-electron chi connectivity index (χ4n) is 2.03. The van der Waals surface area contributed by atoms with Crippen molar-refractivity contribution >= 4 is 52.4 Å². The van der Waals surface area contributed by atoms with Crippen molar-refractivity contribution in [1.29, 1.82) is 0 Å². The summed E-state index contributed by atoms with van der Waals surface area (Å²) in [7, 11) is 1.38. The number of anilines is 2. The van der Waals surface area contributed by atoms with E-state index in [9.17, 15) is 4.79 Å². The highest BCUT2D eigenvalue weighted by molar-refractivity contribution is 7.99. The van der Waals surface area contributed by atoms with Crippen LogP contribution in [0.3, 0.4) is 0 Å². The highest BCUT2D eigenvalue weighted by Gasteiger charge is 2.14. The van der Waals surface area contributed by atoms with Crippen LogP contribution in [-0.4, -0.2) is 23.0 Å². The summed E-state index contributed by atoms with van der Waals surface area (Å²) in [5.41, 5.74) is 1.49. The number of carbonyl (C=O) groups is 1. The molecular formula is C17H16ClN3O2S2. The average molecular weight is 394 g/mol. The van der Waals surface area contributed by atoms with Crippen molar-refractivity contribution in [3.8, 4) is 0 Å². The number of aryl methyl sites for hydroxylation is 1. The van der Waals surface area contributed by atoms with Crippen molar-refractivity contribution in [2.75, 3.05) is 12.4 Å². The normalized spacial score (nSPS) is 10.0. The van der Waals surface area contributed by atoms with Crippen molar-refractivity contribution in [2.45, 2.75) is 16.7 Å². The van der Waals surface area contributed by atoms with Gasteiger partial charge in [0.05, 0.1) is 23.3 Å². The van der Waals surface area contributed by atoms with Gasteiger partial charge in [-0.2, -0.15) is 0 Å². The van der Waals surface area contributed by atoms with Crippen LogP contribution in [0.4, 0.5) is 10.9 Å². The Morgan fingerprint density at radius 2 is 1.96 bits per heavy atom. The second-order valence-electron chi connectivity index (χ2n) is 4.86. The summed E-state index contributed by atoms with van der Waals surface area (Å²) in [5, 5.41) is 6.00. The van der Waals surface area contributed by atoms with Gasteiger partial charge in [0, 0.05) is 16.5 Å². The highest BCUT2D eigenvalue weighted by Crippen LogP contribution is 2.35. The molecule has 130 valence electrons. The van der Waals surface area contributed by atoms with Gasteiger partial charge in [0.15, 0.2) is 5.13 Å². The zero-order chi connectivity index (χ0) is 16.9. The van der Waals surface area contributed by atoms with Gasteiger partial charge < -0.3 is 10.1 Å². The summed E-state index contributed by atoms with van der Waals surface area (Å²) < 4.78 is 4.85. The SMILES string of the molecule is COC(=O)c1ccccc1Sc1cccnc1Nc1nc(C)cs1.Cl. The van der Waals surface area contributed by atoms with Crippen LogP contribution in [0.5, 0.6) is 0 Å². The van der Waals surface area contributed by atoms with Gasteiger partial charge in [-0.3, -0.25) is 0 Å². The Hall–Kier alpha value is -2.09. The van der Waals surface area contributed by atoms with Gasteiger partial charge in [0.1, 0.15) is 5.82 Å². The van der Waals surface area contributed by atoms with Gasteiger partial charge >= 0.3 is 5.97 Å². The zero-order valence-electron chi connectivity index (χ0n) is 13.6. The fraction of sp³-hybridized carbons (Fsp3) is 0.118. The molecule has 0 atom stereocenters. The van der Waals surface area contributed by atoms with Gasteiger partial charge in [-0.05, 0) is 31.2 Å². The van der Waals surface area contributed by atoms with E-state index >= 15 is 0 Å². The number of ether oxygens (including phenoxy) is 1. The second kappa shape index (κ2) is 8.84. The monoisotopic (exact) mass is 393 g/mol. The van der Waals surface area contributed by atoms with Crippen LogP contribution in [0, 0.1) is 6.92 Å². The fourth-order valence-corrected chi connectivity index (χ4v) is 3.71. The largest absolute Gasteiger partial charge is 0.465 e. The van der Waals surface area contributed by atoms with Crippen molar-refractivity contribution in [3.05, 3.63) is 59.2 Å².